The minimum atomic E-state index is -0.287. The number of hydrogen-bond acceptors (Lipinski definition) is 2. The minimum absolute atomic E-state index is 0.198. The Morgan fingerprint density at radius 3 is 2.61 bits per heavy atom. The van der Waals surface area contributed by atoms with Gasteiger partial charge in [0.2, 0.25) is 0 Å². The van der Waals surface area contributed by atoms with Crippen molar-refractivity contribution < 1.29 is 9.13 Å². The van der Waals surface area contributed by atoms with Crippen molar-refractivity contribution in [1.82, 2.24) is 5.32 Å². The lowest BCUT2D eigenvalue weighted by Crippen LogP contribution is -2.25. The summed E-state index contributed by atoms with van der Waals surface area (Å²) in [4.78, 5) is 0. The number of ether oxygens (including phenoxy) is 1. The first-order valence-electron chi connectivity index (χ1n) is 6.28. The van der Waals surface area contributed by atoms with E-state index in [4.69, 9.17) is 4.74 Å². The summed E-state index contributed by atoms with van der Waals surface area (Å²) in [7, 11) is 3.53. The van der Waals surface area contributed by atoms with E-state index in [1.807, 2.05) is 13.1 Å². The third-order valence-corrected chi connectivity index (χ3v) is 4.42. The van der Waals surface area contributed by atoms with E-state index in [-0.39, 0.29) is 11.9 Å². The fourth-order valence-electron chi connectivity index (χ4n) is 2.56. The zero-order chi connectivity index (χ0) is 13.3. The SMILES string of the molecule is CNC(c1cc(Br)c(F)cc1OC)C(C)C1CC1. The molecule has 0 radical (unpaired) electrons. The molecule has 0 saturated heterocycles. The zero-order valence-electron chi connectivity index (χ0n) is 11.0. The first kappa shape index (κ1) is 13.8. The number of hydrogen-bond donors (Lipinski definition) is 1. The number of methoxy groups -OCH3 is 1. The Morgan fingerprint density at radius 2 is 2.11 bits per heavy atom. The van der Waals surface area contributed by atoms with Crippen LogP contribution in [0, 0.1) is 17.7 Å². The van der Waals surface area contributed by atoms with Crippen LogP contribution in [-0.2, 0) is 0 Å². The van der Waals surface area contributed by atoms with Gasteiger partial charge in [-0.1, -0.05) is 6.92 Å². The van der Waals surface area contributed by atoms with E-state index in [9.17, 15) is 4.39 Å². The largest absolute Gasteiger partial charge is 0.496 e. The van der Waals surface area contributed by atoms with Gasteiger partial charge in [0.1, 0.15) is 11.6 Å². The van der Waals surface area contributed by atoms with Crippen molar-refractivity contribution in [1.29, 1.82) is 0 Å². The maximum absolute atomic E-state index is 13.5. The molecule has 0 bridgehead atoms. The van der Waals surface area contributed by atoms with Gasteiger partial charge in [-0.25, -0.2) is 4.39 Å². The van der Waals surface area contributed by atoms with Crippen molar-refractivity contribution in [2.24, 2.45) is 11.8 Å². The Labute approximate surface area is 116 Å². The van der Waals surface area contributed by atoms with Gasteiger partial charge in [-0.2, -0.15) is 0 Å². The molecule has 0 amide bonds. The lowest BCUT2D eigenvalue weighted by Gasteiger charge is -2.26. The fraction of sp³-hybridized carbons (Fsp3) is 0.571. The molecule has 1 N–H and O–H groups in total. The third kappa shape index (κ3) is 2.69. The molecule has 2 unspecified atom stereocenters. The normalized spacial score (nSPS) is 18.5. The van der Waals surface area contributed by atoms with Crippen LogP contribution in [0.25, 0.3) is 0 Å². The van der Waals surface area contributed by atoms with E-state index in [2.05, 4.69) is 28.2 Å². The summed E-state index contributed by atoms with van der Waals surface area (Å²) < 4.78 is 19.3. The number of nitrogens with one attached hydrogen (secondary N) is 1. The summed E-state index contributed by atoms with van der Waals surface area (Å²) in [5, 5.41) is 3.34. The Morgan fingerprint density at radius 1 is 1.44 bits per heavy atom. The van der Waals surface area contributed by atoms with Crippen LogP contribution in [0.3, 0.4) is 0 Å². The molecule has 2 rings (SSSR count). The first-order chi connectivity index (χ1) is 8.58. The van der Waals surface area contributed by atoms with E-state index in [0.717, 1.165) is 11.5 Å². The molecule has 0 spiro atoms. The average molecular weight is 316 g/mol. The molecule has 0 aromatic heterocycles. The highest BCUT2D eigenvalue weighted by atomic mass is 79.9. The molecule has 4 heteroatoms. The smallest absolute Gasteiger partial charge is 0.141 e. The standard InChI is InChI=1S/C14H19BrFNO/c1-8(9-4-5-9)14(17-2)10-6-11(15)12(16)7-13(10)18-3/h6-9,14,17H,4-5H2,1-3H3. The van der Waals surface area contributed by atoms with Crippen molar-refractivity contribution in [2.45, 2.75) is 25.8 Å². The van der Waals surface area contributed by atoms with Crippen LogP contribution in [0.2, 0.25) is 0 Å². The lowest BCUT2D eigenvalue weighted by atomic mass is 9.90. The minimum Gasteiger partial charge on any atom is -0.496 e. The summed E-state index contributed by atoms with van der Waals surface area (Å²) in [5.41, 5.74) is 1.02. The molecular formula is C14H19BrFNO. The van der Waals surface area contributed by atoms with Crippen LogP contribution in [0.4, 0.5) is 4.39 Å². The number of halogens is 2. The first-order valence-corrected chi connectivity index (χ1v) is 7.08. The molecule has 0 aliphatic heterocycles. The highest BCUT2D eigenvalue weighted by Gasteiger charge is 2.34. The molecule has 18 heavy (non-hydrogen) atoms. The van der Waals surface area contributed by atoms with Gasteiger partial charge in [-0.05, 0) is 53.7 Å². The second-order valence-corrected chi connectivity index (χ2v) is 5.83. The van der Waals surface area contributed by atoms with Gasteiger partial charge in [0, 0.05) is 17.7 Å². The van der Waals surface area contributed by atoms with Gasteiger partial charge in [0.05, 0.1) is 11.6 Å². The topological polar surface area (TPSA) is 21.3 Å². The molecule has 0 heterocycles. The van der Waals surface area contributed by atoms with Gasteiger partial charge in [-0.15, -0.1) is 0 Å². The fourth-order valence-corrected chi connectivity index (χ4v) is 2.92. The summed E-state index contributed by atoms with van der Waals surface area (Å²) in [6, 6.07) is 3.47. The molecule has 1 aromatic carbocycles. The average Bonchev–Trinajstić information content (AvgIpc) is 3.18. The Bertz CT molecular complexity index is 434. The van der Waals surface area contributed by atoms with Crippen LogP contribution >= 0.6 is 15.9 Å². The number of rotatable bonds is 5. The summed E-state index contributed by atoms with van der Waals surface area (Å²) in [5.74, 6) is 1.63. The quantitative estimate of drug-likeness (QED) is 0.889. The summed E-state index contributed by atoms with van der Waals surface area (Å²) >= 11 is 3.25. The zero-order valence-corrected chi connectivity index (χ0v) is 12.6. The van der Waals surface area contributed by atoms with Crippen molar-refractivity contribution >= 4 is 15.9 Å². The van der Waals surface area contributed by atoms with E-state index in [0.29, 0.717) is 16.1 Å². The lowest BCUT2D eigenvalue weighted by molar-refractivity contribution is 0.344. The predicted octanol–water partition coefficient (Wildman–Crippen LogP) is 3.90. The van der Waals surface area contributed by atoms with Gasteiger partial charge in [-0.3, -0.25) is 0 Å². The van der Waals surface area contributed by atoms with Crippen LogP contribution in [0.15, 0.2) is 16.6 Å². The molecule has 2 atom stereocenters. The second-order valence-electron chi connectivity index (χ2n) is 4.97. The molecule has 1 fully saturated rings. The summed E-state index contributed by atoms with van der Waals surface area (Å²) in [6.07, 6.45) is 2.59. The predicted molar refractivity (Wildman–Crippen MR) is 74.3 cm³/mol. The van der Waals surface area contributed by atoms with Gasteiger partial charge in [0.25, 0.3) is 0 Å². The van der Waals surface area contributed by atoms with Crippen LogP contribution < -0.4 is 10.1 Å². The van der Waals surface area contributed by atoms with Crippen molar-refractivity contribution in [2.75, 3.05) is 14.2 Å². The molecule has 2 nitrogen and oxygen atoms in total. The van der Waals surface area contributed by atoms with E-state index < -0.39 is 0 Å². The monoisotopic (exact) mass is 315 g/mol. The highest BCUT2D eigenvalue weighted by molar-refractivity contribution is 9.10. The van der Waals surface area contributed by atoms with Gasteiger partial charge in [0.15, 0.2) is 0 Å². The van der Waals surface area contributed by atoms with Crippen molar-refractivity contribution in [3.05, 3.63) is 28.0 Å². The van der Waals surface area contributed by atoms with E-state index in [1.54, 1.807) is 7.11 Å². The molecule has 1 aliphatic carbocycles. The van der Waals surface area contributed by atoms with E-state index in [1.165, 1.54) is 18.9 Å². The van der Waals surface area contributed by atoms with Crippen molar-refractivity contribution in [3.8, 4) is 5.75 Å². The Balaban J connectivity index is 2.36. The van der Waals surface area contributed by atoms with Crippen LogP contribution in [0.1, 0.15) is 31.4 Å². The molecular weight excluding hydrogens is 297 g/mol. The third-order valence-electron chi connectivity index (χ3n) is 3.81. The van der Waals surface area contributed by atoms with Gasteiger partial charge < -0.3 is 10.1 Å². The maximum Gasteiger partial charge on any atom is 0.141 e. The molecule has 100 valence electrons. The van der Waals surface area contributed by atoms with Gasteiger partial charge >= 0.3 is 0 Å². The molecule has 1 aromatic rings. The summed E-state index contributed by atoms with van der Waals surface area (Å²) in [6.45, 7) is 2.25. The number of benzene rings is 1. The van der Waals surface area contributed by atoms with Crippen LogP contribution in [-0.4, -0.2) is 14.2 Å². The maximum atomic E-state index is 13.5. The van der Waals surface area contributed by atoms with E-state index >= 15 is 0 Å². The Hall–Kier alpha value is -0.610. The molecule has 1 aliphatic rings. The highest BCUT2D eigenvalue weighted by Crippen LogP contribution is 2.44. The second kappa shape index (κ2) is 5.57. The van der Waals surface area contributed by atoms with Crippen LogP contribution in [0.5, 0.6) is 5.75 Å². The Kier molecular flexibility index (Phi) is 4.28. The van der Waals surface area contributed by atoms with Crippen molar-refractivity contribution in [3.63, 3.8) is 0 Å². The molecule has 1 saturated carbocycles.